The van der Waals surface area contributed by atoms with Crippen LogP contribution in [0.2, 0.25) is 0 Å². The van der Waals surface area contributed by atoms with Crippen LogP contribution >= 0.6 is 0 Å². The van der Waals surface area contributed by atoms with E-state index >= 15 is 0 Å². The normalized spacial score (nSPS) is 19.2. The topological polar surface area (TPSA) is 49.4 Å². The highest BCUT2D eigenvalue weighted by Gasteiger charge is 2.27. The van der Waals surface area contributed by atoms with Crippen molar-refractivity contribution in [1.82, 2.24) is 9.62 Å². The first-order chi connectivity index (χ1) is 7.77. The van der Waals surface area contributed by atoms with Gasteiger partial charge in [-0.05, 0) is 18.9 Å². The zero-order chi connectivity index (χ0) is 13.1. The van der Waals surface area contributed by atoms with Crippen LogP contribution in [0.25, 0.3) is 0 Å². The first kappa shape index (κ1) is 14.7. The molecule has 0 saturated heterocycles. The highest BCUT2D eigenvalue weighted by atomic mass is 32.2. The van der Waals surface area contributed by atoms with Crippen molar-refractivity contribution in [3.63, 3.8) is 0 Å². The Kier molecular flexibility index (Phi) is 4.75. The van der Waals surface area contributed by atoms with Gasteiger partial charge in [0.2, 0.25) is 10.0 Å². The van der Waals surface area contributed by atoms with Crippen molar-refractivity contribution in [3.05, 3.63) is 11.6 Å². The van der Waals surface area contributed by atoms with Crippen LogP contribution in [-0.4, -0.2) is 45.2 Å². The van der Waals surface area contributed by atoms with Crippen molar-refractivity contribution in [3.8, 4) is 0 Å². The summed E-state index contributed by atoms with van der Waals surface area (Å²) in [5, 5.41) is 2.87. The fourth-order valence-corrected chi connectivity index (χ4v) is 3.34. The molecule has 0 amide bonds. The maximum absolute atomic E-state index is 12.0. The zero-order valence-electron chi connectivity index (χ0n) is 11.3. The van der Waals surface area contributed by atoms with Gasteiger partial charge < -0.3 is 5.32 Å². The molecule has 100 valence electrons. The van der Waals surface area contributed by atoms with Crippen LogP contribution in [0.4, 0.5) is 0 Å². The first-order valence-electron chi connectivity index (χ1n) is 6.09. The fourth-order valence-electron chi connectivity index (χ4n) is 1.94. The van der Waals surface area contributed by atoms with Crippen LogP contribution in [0.1, 0.15) is 27.2 Å². The molecule has 4 nitrogen and oxygen atoms in total. The van der Waals surface area contributed by atoms with Crippen LogP contribution in [0, 0.1) is 5.41 Å². The molecule has 1 N–H and O–H groups in total. The second-order valence-corrected chi connectivity index (χ2v) is 7.60. The Balaban J connectivity index is 2.66. The van der Waals surface area contributed by atoms with Crippen molar-refractivity contribution in [2.75, 3.05) is 32.4 Å². The summed E-state index contributed by atoms with van der Waals surface area (Å²) < 4.78 is 25.5. The van der Waals surface area contributed by atoms with Gasteiger partial charge in [0, 0.05) is 19.6 Å². The van der Waals surface area contributed by atoms with Crippen molar-refractivity contribution in [2.24, 2.45) is 5.41 Å². The summed E-state index contributed by atoms with van der Waals surface area (Å²) in [6.07, 6.45) is 2.92. The van der Waals surface area contributed by atoms with Gasteiger partial charge in [-0.2, -0.15) is 4.31 Å². The fraction of sp³-hybridized carbons (Fsp3) is 0.833. The largest absolute Gasteiger partial charge is 0.319 e. The van der Waals surface area contributed by atoms with Crippen molar-refractivity contribution < 1.29 is 8.42 Å². The Hall–Kier alpha value is -0.390. The molecule has 1 aliphatic rings. The van der Waals surface area contributed by atoms with E-state index in [1.54, 1.807) is 11.4 Å². The number of nitrogens with one attached hydrogen (secondary N) is 1. The summed E-state index contributed by atoms with van der Waals surface area (Å²) in [4.78, 5) is 0. The van der Waals surface area contributed by atoms with E-state index in [2.05, 4.69) is 32.2 Å². The number of rotatable bonds is 4. The monoisotopic (exact) mass is 260 g/mol. The third-order valence-corrected chi connectivity index (χ3v) is 4.98. The lowest BCUT2D eigenvalue weighted by Crippen LogP contribution is -2.39. The van der Waals surface area contributed by atoms with Gasteiger partial charge in [0.05, 0.1) is 5.75 Å². The first-order valence-corrected chi connectivity index (χ1v) is 7.70. The average Bonchev–Trinajstić information content (AvgIpc) is 2.25. The lowest BCUT2D eigenvalue weighted by atomic mass is 9.83. The standard InChI is InChI=1S/C12H24N2O2S/c1-12(2,3)11-5-8-14(9-6-11)17(15,16)10-7-13-4/h5,13H,6-10H2,1-4H3. The predicted molar refractivity (Wildman–Crippen MR) is 71.4 cm³/mol. The second kappa shape index (κ2) is 5.50. The molecule has 0 aliphatic carbocycles. The summed E-state index contributed by atoms with van der Waals surface area (Å²) in [6, 6.07) is 0. The molecule has 0 fully saturated rings. The molecule has 0 bridgehead atoms. The van der Waals surface area contributed by atoms with Gasteiger partial charge in [0.1, 0.15) is 0 Å². The molecule has 0 radical (unpaired) electrons. The molecular weight excluding hydrogens is 236 g/mol. The van der Waals surface area contributed by atoms with E-state index in [9.17, 15) is 8.42 Å². The predicted octanol–water partition coefficient (Wildman–Crippen LogP) is 1.21. The Bertz CT molecular complexity index is 380. The Morgan fingerprint density at radius 1 is 1.41 bits per heavy atom. The summed E-state index contributed by atoms with van der Waals surface area (Å²) >= 11 is 0. The third-order valence-electron chi connectivity index (χ3n) is 3.14. The summed E-state index contributed by atoms with van der Waals surface area (Å²) in [5.74, 6) is 0.183. The highest BCUT2D eigenvalue weighted by molar-refractivity contribution is 7.89. The van der Waals surface area contributed by atoms with Crippen LogP contribution in [0.5, 0.6) is 0 Å². The van der Waals surface area contributed by atoms with E-state index in [1.807, 2.05) is 0 Å². The van der Waals surface area contributed by atoms with Gasteiger partial charge in [-0.25, -0.2) is 8.42 Å². The van der Waals surface area contributed by atoms with Gasteiger partial charge in [0.15, 0.2) is 0 Å². The summed E-state index contributed by atoms with van der Waals surface area (Å²) in [6.45, 7) is 8.17. The molecule has 0 saturated carbocycles. The summed E-state index contributed by atoms with van der Waals surface area (Å²) in [5.41, 5.74) is 1.51. The molecule has 1 rings (SSSR count). The molecule has 0 aromatic heterocycles. The minimum absolute atomic E-state index is 0.154. The van der Waals surface area contributed by atoms with Crippen molar-refractivity contribution in [1.29, 1.82) is 0 Å². The molecular formula is C12H24N2O2S. The third kappa shape index (κ3) is 4.08. The lowest BCUT2D eigenvalue weighted by Gasteiger charge is -2.31. The number of hydrogen-bond donors (Lipinski definition) is 1. The van der Waals surface area contributed by atoms with E-state index in [4.69, 9.17) is 0 Å². The number of hydrogen-bond acceptors (Lipinski definition) is 3. The molecule has 0 aromatic rings. The minimum atomic E-state index is -3.09. The SMILES string of the molecule is CNCCS(=O)(=O)N1CC=C(C(C)(C)C)CC1. The van der Waals surface area contributed by atoms with Crippen molar-refractivity contribution in [2.45, 2.75) is 27.2 Å². The van der Waals surface area contributed by atoms with Gasteiger partial charge in [-0.15, -0.1) is 0 Å². The molecule has 1 aliphatic heterocycles. The Labute approximate surface area is 105 Å². The van der Waals surface area contributed by atoms with Crippen molar-refractivity contribution >= 4 is 10.0 Å². The van der Waals surface area contributed by atoms with Crippen LogP contribution < -0.4 is 5.32 Å². The summed E-state index contributed by atoms with van der Waals surface area (Å²) in [7, 11) is -1.32. The quantitative estimate of drug-likeness (QED) is 0.773. The Morgan fingerprint density at radius 2 is 2.06 bits per heavy atom. The molecule has 0 atom stereocenters. The van der Waals surface area contributed by atoms with E-state index in [1.165, 1.54) is 5.57 Å². The van der Waals surface area contributed by atoms with Gasteiger partial charge in [0.25, 0.3) is 0 Å². The molecule has 1 heterocycles. The second-order valence-electron chi connectivity index (χ2n) is 5.51. The molecule has 0 aromatic carbocycles. The zero-order valence-corrected chi connectivity index (χ0v) is 12.1. The molecule has 0 unspecified atom stereocenters. The van der Waals surface area contributed by atoms with Gasteiger partial charge in [-0.3, -0.25) is 0 Å². The van der Waals surface area contributed by atoms with Crippen LogP contribution in [-0.2, 0) is 10.0 Å². The lowest BCUT2D eigenvalue weighted by molar-refractivity contribution is 0.389. The number of nitrogens with zero attached hydrogens (tertiary/aromatic N) is 1. The van der Waals surface area contributed by atoms with Gasteiger partial charge >= 0.3 is 0 Å². The van der Waals surface area contributed by atoms with E-state index in [-0.39, 0.29) is 11.2 Å². The molecule has 0 spiro atoms. The Morgan fingerprint density at radius 3 is 2.47 bits per heavy atom. The average molecular weight is 260 g/mol. The molecule has 17 heavy (non-hydrogen) atoms. The van der Waals surface area contributed by atoms with Crippen LogP contribution in [0.3, 0.4) is 0 Å². The number of sulfonamides is 1. The molecule has 5 heteroatoms. The van der Waals surface area contributed by atoms with E-state index in [0.717, 1.165) is 6.42 Å². The highest BCUT2D eigenvalue weighted by Crippen LogP contribution is 2.30. The maximum Gasteiger partial charge on any atom is 0.215 e. The maximum atomic E-state index is 12.0. The minimum Gasteiger partial charge on any atom is -0.319 e. The smallest absolute Gasteiger partial charge is 0.215 e. The van der Waals surface area contributed by atoms with Crippen LogP contribution in [0.15, 0.2) is 11.6 Å². The van der Waals surface area contributed by atoms with E-state index in [0.29, 0.717) is 19.6 Å². The van der Waals surface area contributed by atoms with E-state index < -0.39 is 10.0 Å². The van der Waals surface area contributed by atoms with Gasteiger partial charge in [-0.1, -0.05) is 32.4 Å².